The number of piperazine rings is 1. The molecule has 1 fully saturated rings. The van der Waals surface area contributed by atoms with Gasteiger partial charge in [-0.1, -0.05) is 27.2 Å². The lowest BCUT2D eigenvalue weighted by molar-refractivity contribution is -0.153. The molecule has 0 aromatic carbocycles. The Kier molecular flexibility index (Phi) is 6.46. The summed E-state index contributed by atoms with van der Waals surface area (Å²) in [7, 11) is 0. The molecule has 5 heteroatoms. The quantitative estimate of drug-likeness (QED) is 0.772. The van der Waals surface area contributed by atoms with Crippen molar-refractivity contribution in [2.24, 2.45) is 5.92 Å². The molecule has 0 aromatic rings. The number of carbonyl (C=O) groups excluding carboxylic acids is 2. The normalized spacial score (nSPS) is 25.0. The molecule has 1 saturated heterocycles. The van der Waals surface area contributed by atoms with Crippen molar-refractivity contribution in [2.45, 2.75) is 65.6 Å². The van der Waals surface area contributed by atoms with E-state index in [4.69, 9.17) is 4.74 Å². The van der Waals surface area contributed by atoms with Crippen LogP contribution in [0.15, 0.2) is 0 Å². The van der Waals surface area contributed by atoms with E-state index in [0.717, 1.165) is 6.42 Å². The van der Waals surface area contributed by atoms with Crippen molar-refractivity contribution in [3.05, 3.63) is 0 Å². The highest BCUT2D eigenvalue weighted by Gasteiger charge is 2.41. The van der Waals surface area contributed by atoms with Crippen LogP contribution in [-0.2, 0) is 14.3 Å². The SMILES string of the molecule is CCCC1NC(=O)C(C(C)C)N(CC(C)OCC)C1=O. The average molecular weight is 284 g/mol. The van der Waals surface area contributed by atoms with Crippen molar-refractivity contribution in [1.82, 2.24) is 10.2 Å². The van der Waals surface area contributed by atoms with Gasteiger partial charge in [0.15, 0.2) is 0 Å². The predicted molar refractivity (Wildman–Crippen MR) is 78.3 cm³/mol. The Balaban J connectivity index is 2.89. The number of hydrogen-bond donors (Lipinski definition) is 1. The first-order valence-electron chi connectivity index (χ1n) is 7.64. The zero-order valence-corrected chi connectivity index (χ0v) is 13.3. The third-order valence-electron chi connectivity index (χ3n) is 3.62. The van der Waals surface area contributed by atoms with Crippen molar-refractivity contribution in [3.63, 3.8) is 0 Å². The number of carbonyl (C=O) groups is 2. The molecule has 0 saturated carbocycles. The number of nitrogens with zero attached hydrogens (tertiary/aromatic N) is 1. The Morgan fingerprint density at radius 3 is 2.40 bits per heavy atom. The molecular formula is C15H28N2O3. The van der Waals surface area contributed by atoms with Crippen LogP contribution in [-0.4, -0.2) is 48.1 Å². The van der Waals surface area contributed by atoms with E-state index in [0.29, 0.717) is 19.6 Å². The summed E-state index contributed by atoms with van der Waals surface area (Å²) in [6.07, 6.45) is 1.51. The number of nitrogens with one attached hydrogen (secondary N) is 1. The largest absolute Gasteiger partial charge is 0.377 e. The van der Waals surface area contributed by atoms with Crippen LogP contribution in [0.3, 0.4) is 0 Å². The Labute approximate surface area is 122 Å². The zero-order chi connectivity index (χ0) is 15.3. The van der Waals surface area contributed by atoms with Crippen LogP contribution < -0.4 is 5.32 Å². The predicted octanol–water partition coefficient (Wildman–Crippen LogP) is 1.56. The van der Waals surface area contributed by atoms with Crippen LogP contribution in [0.2, 0.25) is 0 Å². The molecule has 1 aliphatic heterocycles. The molecule has 0 aliphatic carbocycles. The molecule has 1 N–H and O–H groups in total. The van der Waals surface area contributed by atoms with Crippen LogP contribution >= 0.6 is 0 Å². The fourth-order valence-corrected chi connectivity index (χ4v) is 2.76. The van der Waals surface area contributed by atoms with Crippen LogP contribution in [0.5, 0.6) is 0 Å². The van der Waals surface area contributed by atoms with E-state index in [9.17, 15) is 9.59 Å². The summed E-state index contributed by atoms with van der Waals surface area (Å²) < 4.78 is 5.53. The van der Waals surface area contributed by atoms with Gasteiger partial charge in [-0.15, -0.1) is 0 Å². The minimum absolute atomic E-state index is 0.0247. The topological polar surface area (TPSA) is 58.6 Å². The molecule has 3 atom stereocenters. The van der Waals surface area contributed by atoms with E-state index in [-0.39, 0.29) is 29.9 Å². The summed E-state index contributed by atoms with van der Waals surface area (Å²) in [6, 6.07) is -0.769. The van der Waals surface area contributed by atoms with E-state index >= 15 is 0 Å². The second-order valence-electron chi connectivity index (χ2n) is 5.80. The minimum atomic E-state index is -0.390. The molecule has 0 radical (unpaired) electrons. The highest BCUT2D eigenvalue weighted by molar-refractivity contribution is 5.97. The Bertz CT molecular complexity index is 344. The van der Waals surface area contributed by atoms with Gasteiger partial charge in [0.05, 0.1) is 6.10 Å². The van der Waals surface area contributed by atoms with E-state index < -0.39 is 6.04 Å². The van der Waals surface area contributed by atoms with Gasteiger partial charge in [0.2, 0.25) is 11.8 Å². The van der Waals surface area contributed by atoms with Gasteiger partial charge in [-0.05, 0) is 26.2 Å². The van der Waals surface area contributed by atoms with Crippen molar-refractivity contribution in [2.75, 3.05) is 13.2 Å². The van der Waals surface area contributed by atoms with Gasteiger partial charge in [-0.3, -0.25) is 9.59 Å². The summed E-state index contributed by atoms with van der Waals surface area (Å²) in [5.74, 6) is 0.0776. The highest BCUT2D eigenvalue weighted by Crippen LogP contribution is 2.20. The monoisotopic (exact) mass is 284 g/mol. The van der Waals surface area contributed by atoms with Crippen molar-refractivity contribution < 1.29 is 14.3 Å². The maximum atomic E-state index is 12.6. The number of ether oxygens (including phenoxy) is 1. The molecule has 0 bridgehead atoms. The fourth-order valence-electron chi connectivity index (χ4n) is 2.76. The number of rotatable bonds is 7. The molecule has 20 heavy (non-hydrogen) atoms. The van der Waals surface area contributed by atoms with Gasteiger partial charge in [-0.25, -0.2) is 0 Å². The first-order valence-corrected chi connectivity index (χ1v) is 7.64. The molecule has 0 aromatic heterocycles. The smallest absolute Gasteiger partial charge is 0.245 e. The molecule has 1 rings (SSSR count). The maximum Gasteiger partial charge on any atom is 0.245 e. The Hall–Kier alpha value is -1.10. The second-order valence-corrected chi connectivity index (χ2v) is 5.80. The maximum absolute atomic E-state index is 12.6. The molecule has 2 amide bonds. The van der Waals surface area contributed by atoms with Gasteiger partial charge >= 0.3 is 0 Å². The van der Waals surface area contributed by atoms with Gasteiger partial charge in [0, 0.05) is 13.2 Å². The van der Waals surface area contributed by atoms with Crippen LogP contribution in [0.25, 0.3) is 0 Å². The Morgan fingerprint density at radius 2 is 1.90 bits per heavy atom. The van der Waals surface area contributed by atoms with Crippen molar-refractivity contribution in [1.29, 1.82) is 0 Å². The van der Waals surface area contributed by atoms with E-state index in [1.54, 1.807) is 4.90 Å². The van der Waals surface area contributed by atoms with Crippen molar-refractivity contribution in [3.8, 4) is 0 Å². The van der Waals surface area contributed by atoms with Gasteiger partial charge in [-0.2, -0.15) is 0 Å². The van der Waals surface area contributed by atoms with Crippen LogP contribution in [0.1, 0.15) is 47.5 Å². The lowest BCUT2D eigenvalue weighted by Crippen LogP contribution is -2.65. The van der Waals surface area contributed by atoms with Crippen LogP contribution in [0, 0.1) is 5.92 Å². The minimum Gasteiger partial charge on any atom is -0.377 e. The first-order chi connectivity index (χ1) is 9.42. The van der Waals surface area contributed by atoms with Gasteiger partial charge in [0.25, 0.3) is 0 Å². The summed E-state index contributed by atoms with van der Waals surface area (Å²) in [4.78, 5) is 26.6. The standard InChI is InChI=1S/C15H28N2O3/c1-6-8-12-15(19)17(9-11(5)20-7-2)13(10(3)4)14(18)16-12/h10-13H,6-9H2,1-5H3,(H,16,18). The zero-order valence-electron chi connectivity index (χ0n) is 13.3. The summed E-state index contributed by atoms with van der Waals surface area (Å²) >= 11 is 0. The third kappa shape index (κ3) is 3.95. The molecule has 5 nitrogen and oxygen atoms in total. The number of hydrogen-bond acceptors (Lipinski definition) is 3. The fraction of sp³-hybridized carbons (Fsp3) is 0.867. The molecular weight excluding hydrogens is 256 g/mol. The van der Waals surface area contributed by atoms with E-state index in [1.807, 2.05) is 34.6 Å². The van der Waals surface area contributed by atoms with Crippen LogP contribution in [0.4, 0.5) is 0 Å². The highest BCUT2D eigenvalue weighted by atomic mass is 16.5. The number of amides is 2. The summed E-state index contributed by atoms with van der Waals surface area (Å²) in [5.41, 5.74) is 0. The molecule has 116 valence electrons. The van der Waals surface area contributed by atoms with E-state index in [1.165, 1.54) is 0 Å². The summed E-state index contributed by atoms with van der Waals surface area (Å²) in [6.45, 7) is 10.9. The lowest BCUT2D eigenvalue weighted by Gasteiger charge is -2.41. The van der Waals surface area contributed by atoms with Gasteiger partial charge < -0.3 is 15.0 Å². The second kappa shape index (κ2) is 7.62. The average Bonchev–Trinajstić information content (AvgIpc) is 2.35. The Morgan fingerprint density at radius 1 is 1.25 bits per heavy atom. The van der Waals surface area contributed by atoms with Gasteiger partial charge in [0.1, 0.15) is 12.1 Å². The molecule has 1 heterocycles. The molecule has 0 spiro atoms. The first kappa shape index (κ1) is 17.0. The van der Waals surface area contributed by atoms with E-state index in [2.05, 4.69) is 5.32 Å². The third-order valence-corrected chi connectivity index (χ3v) is 3.62. The van der Waals surface area contributed by atoms with Crippen molar-refractivity contribution >= 4 is 11.8 Å². The molecule has 3 unspecified atom stereocenters. The summed E-state index contributed by atoms with van der Waals surface area (Å²) in [5, 5.41) is 2.86. The lowest BCUT2D eigenvalue weighted by atomic mass is 9.95. The molecule has 1 aliphatic rings.